The number of carbonyl (C=O) groups is 2. The Morgan fingerprint density at radius 2 is 1.92 bits per heavy atom. The molecule has 0 bridgehead atoms. The van der Waals surface area contributed by atoms with Crippen molar-refractivity contribution in [1.29, 1.82) is 0 Å². The monoisotopic (exact) mass is 208 g/mol. The fourth-order valence-electron chi connectivity index (χ4n) is 0.747. The van der Waals surface area contributed by atoms with E-state index in [-0.39, 0.29) is 9.50 Å². The Morgan fingerprint density at radius 1 is 1.46 bits per heavy atom. The van der Waals surface area contributed by atoms with Gasteiger partial charge in [0, 0.05) is 0 Å². The van der Waals surface area contributed by atoms with Crippen molar-refractivity contribution < 1.29 is 14.7 Å². The summed E-state index contributed by atoms with van der Waals surface area (Å²) in [6, 6.07) is 7.11. The van der Waals surface area contributed by atoms with Crippen LogP contribution < -0.4 is 0 Å². The van der Waals surface area contributed by atoms with Crippen LogP contribution in [0.4, 0.5) is 0 Å². The fraction of sp³-hybridized carbons (Fsp3) is 0. The van der Waals surface area contributed by atoms with Gasteiger partial charge in [-0.15, -0.1) is 0 Å². The van der Waals surface area contributed by atoms with Crippen molar-refractivity contribution in [2.24, 2.45) is 0 Å². The SMILES string of the molecule is O=CO.O=[C]([Na])c1ccccc1Cl. The first-order valence-electron chi connectivity index (χ1n) is 3.46. The van der Waals surface area contributed by atoms with Gasteiger partial charge in [0.1, 0.15) is 0 Å². The average Bonchev–Trinajstić information content (AvgIpc) is 2.06. The Kier molecular flexibility index (Phi) is 6.90. The quantitative estimate of drug-likeness (QED) is 0.560. The van der Waals surface area contributed by atoms with Crippen molar-refractivity contribution in [3.05, 3.63) is 34.9 Å². The fourth-order valence-corrected chi connectivity index (χ4v) is 1.61. The van der Waals surface area contributed by atoms with Gasteiger partial charge in [0.05, 0.1) is 0 Å². The average molecular weight is 209 g/mol. The molecular weight excluding hydrogens is 203 g/mol. The standard InChI is InChI=1S/C7H4ClO.CH2O2.Na/c8-7-4-2-1-3-6(7)5-9;2-1-3;/h1-4H;1H,(H,2,3);. The summed E-state index contributed by atoms with van der Waals surface area (Å²) in [4.78, 5) is 19.2. The Balaban J connectivity index is 0.000000424. The first-order chi connectivity index (χ1) is 6.13. The van der Waals surface area contributed by atoms with E-state index in [0.717, 1.165) is 0 Å². The topological polar surface area (TPSA) is 54.4 Å². The van der Waals surface area contributed by atoms with Crippen molar-refractivity contribution in [1.82, 2.24) is 0 Å². The molecule has 0 heterocycles. The summed E-state index contributed by atoms with van der Waals surface area (Å²) in [6.07, 6.45) is 0. The van der Waals surface area contributed by atoms with Gasteiger partial charge in [0.25, 0.3) is 6.47 Å². The third-order valence-corrected chi connectivity index (χ3v) is 2.12. The summed E-state index contributed by atoms with van der Waals surface area (Å²) in [5, 5.41) is 7.45. The third kappa shape index (κ3) is 5.05. The summed E-state index contributed by atoms with van der Waals surface area (Å²) in [6.45, 7) is -0.250. The number of rotatable bonds is 1. The van der Waals surface area contributed by atoms with E-state index >= 15 is 0 Å². The van der Waals surface area contributed by atoms with Crippen LogP contribution in [0, 0.1) is 0 Å². The normalized spacial score (nSPS) is 8.23. The molecule has 3 nitrogen and oxygen atoms in total. The molecule has 0 aliphatic carbocycles. The molecule has 1 rings (SSSR count). The van der Waals surface area contributed by atoms with E-state index in [0.29, 0.717) is 38.5 Å². The molecule has 0 unspecified atom stereocenters. The van der Waals surface area contributed by atoms with Crippen LogP contribution in [-0.2, 0) is 4.79 Å². The van der Waals surface area contributed by atoms with E-state index in [1.165, 1.54) is 0 Å². The molecule has 0 amide bonds. The van der Waals surface area contributed by atoms with Crippen LogP contribution in [0.3, 0.4) is 0 Å². The molecule has 0 spiro atoms. The molecule has 0 aliphatic heterocycles. The molecule has 1 aromatic rings. The van der Waals surface area contributed by atoms with Crippen molar-refractivity contribution >= 4 is 49.0 Å². The predicted octanol–water partition coefficient (Wildman–Crippen LogP) is 1.35. The molecule has 0 saturated heterocycles. The van der Waals surface area contributed by atoms with Gasteiger partial charge in [0.2, 0.25) is 0 Å². The first-order valence-corrected chi connectivity index (χ1v) is 4.84. The molecule has 0 radical (unpaired) electrons. The van der Waals surface area contributed by atoms with E-state index in [4.69, 9.17) is 21.5 Å². The maximum atomic E-state index is 10.8. The number of halogens is 1. The van der Waals surface area contributed by atoms with Gasteiger partial charge >= 0.3 is 82.2 Å². The van der Waals surface area contributed by atoms with Crippen LogP contribution >= 0.6 is 11.6 Å². The van der Waals surface area contributed by atoms with Crippen LogP contribution in [0.25, 0.3) is 0 Å². The number of hydrogen-bond donors (Lipinski definition) is 1. The van der Waals surface area contributed by atoms with Crippen LogP contribution in [0.1, 0.15) is 10.4 Å². The van der Waals surface area contributed by atoms with E-state index < -0.39 is 0 Å². The molecule has 64 valence electrons. The van der Waals surface area contributed by atoms with E-state index in [1.807, 2.05) is 12.1 Å². The zero-order valence-electron chi connectivity index (χ0n) is 7.03. The van der Waals surface area contributed by atoms with Crippen LogP contribution in [0.5, 0.6) is 0 Å². The first kappa shape index (κ1) is 12.7. The molecule has 1 aromatic carbocycles. The molecule has 1 N–H and O–H groups in total. The maximum absolute atomic E-state index is 10.8. The van der Waals surface area contributed by atoms with Gasteiger partial charge in [-0.3, -0.25) is 4.79 Å². The van der Waals surface area contributed by atoms with Crippen molar-refractivity contribution in [3.8, 4) is 0 Å². The van der Waals surface area contributed by atoms with Gasteiger partial charge in [0.15, 0.2) is 0 Å². The Morgan fingerprint density at radius 3 is 2.23 bits per heavy atom. The second kappa shape index (κ2) is 7.09. The second-order valence-electron chi connectivity index (χ2n) is 2.14. The molecule has 0 atom stereocenters. The summed E-state index contributed by atoms with van der Waals surface area (Å²) in [7, 11) is 0. The summed E-state index contributed by atoms with van der Waals surface area (Å²) < 4.78 is 0.144. The molecule has 0 saturated carbocycles. The summed E-state index contributed by atoms with van der Waals surface area (Å²) in [5.41, 5.74) is 0.649. The molecule has 0 aliphatic rings. The molecule has 5 heteroatoms. The zero-order chi connectivity index (χ0) is 10.3. The Bertz CT molecular complexity index is 301. The van der Waals surface area contributed by atoms with E-state index in [9.17, 15) is 4.79 Å². The van der Waals surface area contributed by atoms with Crippen LogP contribution in [0.2, 0.25) is 5.02 Å². The molecule has 13 heavy (non-hydrogen) atoms. The van der Waals surface area contributed by atoms with E-state index in [1.54, 1.807) is 12.1 Å². The number of hydrogen-bond acceptors (Lipinski definition) is 2. The molecule has 0 aromatic heterocycles. The van der Waals surface area contributed by atoms with Crippen LogP contribution in [-0.4, -0.2) is 42.5 Å². The van der Waals surface area contributed by atoms with Gasteiger partial charge in [-0.2, -0.15) is 0 Å². The van der Waals surface area contributed by atoms with Crippen molar-refractivity contribution in [2.75, 3.05) is 0 Å². The minimum atomic E-state index is -0.250. The van der Waals surface area contributed by atoms with Crippen LogP contribution in [0.15, 0.2) is 24.3 Å². The van der Waals surface area contributed by atoms with Gasteiger partial charge in [-0.05, 0) is 0 Å². The van der Waals surface area contributed by atoms with Gasteiger partial charge in [-0.25, -0.2) is 0 Å². The Labute approximate surface area is 98.1 Å². The van der Waals surface area contributed by atoms with E-state index in [2.05, 4.69) is 0 Å². The van der Waals surface area contributed by atoms with Crippen molar-refractivity contribution in [3.63, 3.8) is 0 Å². The third-order valence-electron chi connectivity index (χ3n) is 1.25. The molecular formula is C8H6ClNaO3. The van der Waals surface area contributed by atoms with Crippen molar-refractivity contribution in [2.45, 2.75) is 0 Å². The predicted molar refractivity (Wildman–Crippen MR) is 50.2 cm³/mol. The summed E-state index contributed by atoms with van der Waals surface area (Å²) in [5.74, 6) is 0. The number of carboxylic acid groups (broad SMARTS) is 1. The number of benzene rings is 1. The Hall–Kier alpha value is -0.350. The minimum absolute atomic E-state index is 0.144. The zero-order valence-corrected chi connectivity index (χ0v) is 9.78. The van der Waals surface area contributed by atoms with Gasteiger partial charge < -0.3 is 5.11 Å². The number of carbonyl (C=O) groups excluding carboxylic acids is 1. The summed E-state index contributed by atoms with van der Waals surface area (Å²) >= 11 is 6.25. The second-order valence-corrected chi connectivity index (χ2v) is 3.46. The van der Waals surface area contributed by atoms with Gasteiger partial charge in [-0.1, -0.05) is 0 Å². The molecule has 0 fully saturated rings.